The van der Waals surface area contributed by atoms with Gasteiger partial charge in [0, 0.05) is 26.3 Å². The molecule has 1 fully saturated rings. The van der Waals surface area contributed by atoms with Crippen molar-refractivity contribution in [3.8, 4) is 17.2 Å². The Hall–Kier alpha value is -1.92. The maximum atomic E-state index is 14.2. The van der Waals surface area contributed by atoms with Gasteiger partial charge in [0.1, 0.15) is 17.3 Å². The van der Waals surface area contributed by atoms with Gasteiger partial charge in [0.2, 0.25) is 5.89 Å². The molecule has 3 rings (SSSR count). The predicted octanol–water partition coefficient (Wildman–Crippen LogP) is 3.41. The van der Waals surface area contributed by atoms with Crippen LogP contribution in [0.3, 0.4) is 0 Å². The van der Waals surface area contributed by atoms with Crippen molar-refractivity contribution >= 4 is 0 Å². The molecule has 0 aliphatic carbocycles. The average Bonchev–Trinajstić information content (AvgIpc) is 2.95. The van der Waals surface area contributed by atoms with Crippen LogP contribution in [0.15, 0.2) is 22.6 Å². The molecule has 0 amide bonds. The van der Waals surface area contributed by atoms with Gasteiger partial charge in [0.05, 0.1) is 24.5 Å². The molecule has 1 aliphatic rings. The molecule has 0 bridgehead atoms. The van der Waals surface area contributed by atoms with Crippen LogP contribution in [-0.4, -0.2) is 43.3 Å². The largest absolute Gasteiger partial charge is 0.497 e. The molecule has 1 atom stereocenters. The van der Waals surface area contributed by atoms with E-state index in [1.165, 1.54) is 13.2 Å². The molecule has 0 spiro atoms. The molecule has 2 aromatic rings. The Kier molecular flexibility index (Phi) is 5.16. The lowest BCUT2D eigenvalue weighted by Gasteiger charge is -2.31. The quantitative estimate of drug-likeness (QED) is 0.838. The number of aryl methyl sites for hydroxylation is 1. The minimum absolute atomic E-state index is 0.268. The third kappa shape index (κ3) is 3.60. The lowest BCUT2D eigenvalue weighted by Crippen LogP contribution is -2.38. The van der Waals surface area contributed by atoms with Crippen molar-refractivity contribution in [3.63, 3.8) is 0 Å². The minimum atomic E-state index is -0.403. The van der Waals surface area contributed by atoms with E-state index in [9.17, 15) is 4.39 Å². The molecular formula is C18H23FN2O3. The van der Waals surface area contributed by atoms with Crippen LogP contribution in [0.4, 0.5) is 4.39 Å². The van der Waals surface area contributed by atoms with Gasteiger partial charge < -0.3 is 13.9 Å². The highest BCUT2D eigenvalue weighted by molar-refractivity contribution is 5.56. The fraction of sp³-hybridized carbons (Fsp3) is 0.500. The Bertz CT molecular complexity index is 702. The second-order valence-electron chi connectivity index (χ2n) is 6.10. The number of benzene rings is 1. The predicted molar refractivity (Wildman–Crippen MR) is 88.5 cm³/mol. The van der Waals surface area contributed by atoms with Gasteiger partial charge in [-0.25, -0.2) is 9.37 Å². The Labute approximate surface area is 141 Å². The lowest BCUT2D eigenvalue weighted by molar-refractivity contribution is 0.0280. The summed E-state index contributed by atoms with van der Waals surface area (Å²) in [5, 5.41) is 0. The van der Waals surface area contributed by atoms with E-state index in [0.29, 0.717) is 23.7 Å². The van der Waals surface area contributed by atoms with Gasteiger partial charge in [-0.15, -0.1) is 0 Å². The molecule has 1 saturated heterocycles. The first kappa shape index (κ1) is 16.9. The summed E-state index contributed by atoms with van der Waals surface area (Å²) in [5.41, 5.74) is 1.19. The van der Waals surface area contributed by atoms with Gasteiger partial charge in [-0.1, -0.05) is 0 Å². The number of likely N-dealkylation sites (tertiary alicyclic amines) is 1. The van der Waals surface area contributed by atoms with Crippen LogP contribution in [0.5, 0.6) is 5.75 Å². The first-order valence-corrected chi connectivity index (χ1v) is 8.16. The number of aromatic nitrogens is 1. The van der Waals surface area contributed by atoms with E-state index in [4.69, 9.17) is 13.9 Å². The SMILES string of the molecule is COc1ccc(-c2nc(CN3CCCC(OC)C3)c(C)o2)c(F)c1. The molecule has 2 heterocycles. The topological polar surface area (TPSA) is 47.7 Å². The average molecular weight is 334 g/mol. The fourth-order valence-electron chi connectivity index (χ4n) is 3.05. The second-order valence-corrected chi connectivity index (χ2v) is 6.10. The van der Waals surface area contributed by atoms with Gasteiger partial charge in [-0.05, 0) is 38.4 Å². The fourth-order valence-corrected chi connectivity index (χ4v) is 3.05. The number of rotatable bonds is 5. The third-order valence-corrected chi connectivity index (χ3v) is 4.47. The Balaban J connectivity index is 1.78. The van der Waals surface area contributed by atoms with Gasteiger partial charge >= 0.3 is 0 Å². The van der Waals surface area contributed by atoms with E-state index < -0.39 is 5.82 Å². The van der Waals surface area contributed by atoms with E-state index in [-0.39, 0.29) is 6.10 Å². The van der Waals surface area contributed by atoms with Crippen LogP contribution in [0.2, 0.25) is 0 Å². The van der Waals surface area contributed by atoms with Gasteiger partial charge in [0.15, 0.2) is 0 Å². The molecule has 0 radical (unpaired) electrons. The van der Waals surface area contributed by atoms with Crippen molar-refractivity contribution in [2.24, 2.45) is 0 Å². The maximum absolute atomic E-state index is 14.2. The van der Waals surface area contributed by atoms with Crippen molar-refractivity contribution in [2.75, 3.05) is 27.3 Å². The van der Waals surface area contributed by atoms with Crippen LogP contribution in [0.1, 0.15) is 24.3 Å². The van der Waals surface area contributed by atoms with Crippen LogP contribution in [-0.2, 0) is 11.3 Å². The van der Waals surface area contributed by atoms with Crippen LogP contribution < -0.4 is 4.74 Å². The van der Waals surface area contributed by atoms with Crippen molar-refractivity contribution in [3.05, 3.63) is 35.5 Å². The highest BCUT2D eigenvalue weighted by atomic mass is 19.1. The Morgan fingerprint density at radius 3 is 2.92 bits per heavy atom. The van der Waals surface area contributed by atoms with Gasteiger partial charge in [-0.3, -0.25) is 4.90 Å². The molecule has 1 aliphatic heterocycles. The number of piperidine rings is 1. The van der Waals surface area contributed by atoms with E-state index in [1.807, 2.05) is 6.92 Å². The zero-order chi connectivity index (χ0) is 17.1. The minimum Gasteiger partial charge on any atom is -0.497 e. The number of oxazole rings is 1. The van der Waals surface area contributed by atoms with Gasteiger partial charge in [0.25, 0.3) is 0 Å². The highest BCUT2D eigenvalue weighted by Crippen LogP contribution is 2.28. The molecular weight excluding hydrogens is 311 g/mol. The van der Waals surface area contributed by atoms with Crippen molar-refractivity contribution in [1.29, 1.82) is 0 Å². The lowest BCUT2D eigenvalue weighted by atomic mass is 10.1. The molecule has 1 unspecified atom stereocenters. The molecule has 6 heteroatoms. The summed E-state index contributed by atoms with van der Waals surface area (Å²) in [5.74, 6) is 1.10. The molecule has 1 aromatic heterocycles. The molecule has 24 heavy (non-hydrogen) atoms. The van der Waals surface area contributed by atoms with Crippen molar-refractivity contribution < 1.29 is 18.3 Å². The summed E-state index contributed by atoms with van der Waals surface area (Å²) in [6.07, 6.45) is 2.46. The van der Waals surface area contributed by atoms with Crippen LogP contribution in [0, 0.1) is 12.7 Å². The highest BCUT2D eigenvalue weighted by Gasteiger charge is 2.22. The van der Waals surface area contributed by atoms with Crippen LogP contribution in [0.25, 0.3) is 11.5 Å². The molecule has 1 aromatic carbocycles. The third-order valence-electron chi connectivity index (χ3n) is 4.47. The second kappa shape index (κ2) is 7.32. The zero-order valence-corrected chi connectivity index (χ0v) is 14.3. The number of hydrogen-bond acceptors (Lipinski definition) is 5. The molecule has 130 valence electrons. The monoisotopic (exact) mass is 334 g/mol. The summed E-state index contributed by atoms with van der Waals surface area (Å²) in [7, 11) is 3.26. The zero-order valence-electron chi connectivity index (χ0n) is 14.3. The number of methoxy groups -OCH3 is 2. The van der Waals surface area contributed by atoms with Crippen LogP contribution >= 0.6 is 0 Å². The number of halogens is 1. The smallest absolute Gasteiger partial charge is 0.229 e. The molecule has 5 nitrogen and oxygen atoms in total. The number of nitrogens with zero attached hydrogens (tertiary/aromatic N) is 2. The number of hydrogen-bond donors (Lipinski definition) is 0. The Morgan fingerprint density at radius 2 is 2.21 bits per heavy atom. The first-order valence-electron chi connectivity index (χ1n) is 8.16. The normalized spacial score (nSPS) is 18.8. The summed E-state index contributed by atoms with van der Waals surface area (Å²) in [6, 6.07) is 4.67. The van der Waals surface area contributed by atoms with E-state index in [2.05, 4.69) is 9.88 Å². The molecule has 0 saturated carbocycles. The summed E-state index contributed by atoms with van der Waals surface area (Å²) in [4.78, 5) is 6.81. The molecule has 0 N–H and O–H groups in total. The Morgan fingerprint density at radius 1 is 1.38 bits per heavy atom. The van der Waals surface area contributed by atoms with E-state index >= 15 is 0 Å². The van der Waals surface area contributed by atoms with Crippen molar-refractivity contribution in [1.82, 2.24) is 9.88 Å². The van der Waals surface area contributed by atoms with E-state index in [0.717, 1.165) is 37.4 Å². The standard InChI is InChI=1S/C18H23FN2O3/c1-12-17(11-21-8-4-5-14(10-21)23-3)20-18(24-12)15-7-6-13(22-2)9-16(15)19/h6-7,9,14H,4-5,8,10-11H2,1-3H3. The van der Waals surface area contributed by atoms with Crippen molar-refractivity contribution in [2.45, 2.75) is 32.4 Å². The number of ether oxygens (including phenoxy) is 2. The first-order chi connectivity index (χ1) is 11.6. The van der Waals surface area contributed by atoms with E-state index in [1.54, 1.807) is 19.2 Å². The maximum Gasteiger partial charge on any atom is 0.229 e. The summed E-state index contributed by atoms with van der Waals surface area (Å²) < 4.78 is 30.4. The van der Waals surface area contributed by atoms with Gasteiger partial charge in [-0.2, -0.15) is 0 Å². The summed E-state index contributed by atoms with van der Waals surface area (Å²) in [6.45, 7) is 4.45. The summed E-state index contributed by atoms with van der Waals surface area (Å²) >= 11 is 0.